The number of nitrogens with zero attached hydrogens (tertiary/aromatic N) is 3. The lowest BCUT2D eigenvalue weighted by atomic mass is 10.1. The van der Waals surface area contributed by atoms with Gasteiger partial charge in [0.05, 0.1) is 6.04 Å². The molecule has 4 rings (SSSR count). The zero-order valence-electron chi connectivity index (χ0n) is 15.7. The van der Waals surface area contributed by atoms with E-state index in [1.54, 1.807) is 0 Å². The molecule has 27 heavy (non-hydrogen) atoms. The predicted octanol–water partition coefficient (Wildman–Crippen LogP) is 4.55. The summed E-state index contributed by atoms with van der Waals surface area (Å²) in [4.78, 5) is 21.5. The van der Waals surface area contributed by atoms with Crippen LogP contribution in [0.5, 0.6) is 0 Å². The number of carbonyl (C=O) groups excluding carboxylic acids is 1. The molecule has 0 unspecified atom stereocenters. The molecule has 0 N–H and O–H groups in total. The second kappa shape index (κ2) is 8.42. The van der Waals surface area contributed by atoms with Crippen molar-refractivity contribution < 1.29 is 9.53 Å². The van der Waals surface area contributed by atoms with Crippen LogP contribution in [0.3, 0.4) is 0 Å². The summed E-state index contributed by atoms with van der Waals surface area (Å²) in [6.45, 7) is 3.24. The van der Waals surface area contributed by atoms with E-state index in [0.717, 1.165) is 49.4 Å². The molecule has 0 saturated carbocycles. The van der Waals surface area contributed by atoms with Gasteiger partial charge in [-0.25, -0.2) is 9.78 Å². The van der Waals surface area contributed by atoms with Gasteiger partial charge in [0.15, 0.2) is 0 Å². The monoisotopic (exact) mass is 365 g/mol. The highest BCUT2D eigenvalue weighted by Gasteiger charge is 2.31. The van der Waals surface area contributed by atoms with Crippen molar-refractivity contribution in [2.45, 2.75) is 44.8 Å². The molecule has 2 aliphatic heterocycles. The highest BCUT2D eigenvalue weighted by Crippen LogP contribution is 2.33. The maximum Gasteiger partial charge on any atom is 0.410 e. The molecule has 5 nitrogen and oxygen atoms in total. The molecule has 2 aliphatic rings. The molecule has 0 radical (unpaired) electrons. The van der Waals surface area contributed by atoms with Gasteiger partial charge in [-0.3, -0.25) is 0 Å². The minimum absolute atomic E-state index is 0.0659. The number of anilines is 1. The summed E-state index contributed by atoms with van der Waals surface area (Å²) in [6.07, 6.45) is 7.47. The average Bonchev–Trinajstić information content (AvgIpc) is 3.24. The first kappa shape index (κ1) is 17.8. The number of amides is 1. The lowest BCUT2D eigenvalue weighted by Gasteiger charge is -2.28. The number of ether oxygens (including phenoxy) is 1. The van der Waals surface area contributed by atoms with Crippen molar-refractivity contribution in [2.75, 3.05) is 24.5 Å². The Morgan fingerprint density at radius 1 is 1.00 bits per heavy atom. The van der Waals surface area contributed by atoms with E-state index in [9.17, 15) is 4.79 Å². The molecule has 2 fully saturated rings. The van der Waals surface area contributed by atoms with Crippen LogP contribution < -0.4 is 4.90 Å². The van der Waals surface area contributed by atoms with Gasteiger partial charge < -0.3 is 14.5 Å². The van der Waals surface area contributed by atoms with E-state index in [1.807, 2.05) is 41.4 Å². The molecule has 5 heteroatoms. The van der Waals surface area contributed by atoms with E-state index in [2.05, 4.69) is 22.0 Å². The normalized spacial score (nSPS) is 19.9. The average molecular weight is 365 g/mol. The smallest absolute Gasteiger partial charge is 0.410 e. The fourth-order valence-corrected chi connectivity index (χ4v) is 4.04. The number of rotatable bonds is 4. The first-order valence-corrected chi connectivity index (χ1v) is 9.99. The SMILES string of the molecule is O=C(OCc1ccccc1)N1CCC[C@@H]1c1ccc(N2CCCCC2)nc1. The van der Waals surface area contributed by atoms with Crippen LogP contribution in [0.2, 0.25) is 0 Å². The van der Waals surface area contributed by atoms with Crippen LogP contribution in [0, 0.1) is 0 Å². The first-order chi connectivity index (χ1) is 13.3. The zero-order chi connectivity index (χ0) is 18.5. The van der Waals surface area contributed by atoms with Gasteiger partial charge >= 0.3 is 6.09 Å². The fourth-order valence-electron chi connectivity index (χ4n) is 4.04. The molecule has 0 spiro atoms. The van der Waals surface area contributed by atoms with E-state index >= 15 is 0 Å². The minimum Gasteiger partial charge on any atom is -0.445 e. The number of carbonyl (C=O) groups is 1. The Morgan fingerprint density at radius 2 is 1.81 bits per heavy atom. The van der Waals surface area contributed by atoms with Gasteiger partial charge in [-0.1, -0.05) is 36.4 Å². The Labute approximate surface area is 161 Å². The van der Waals surface area contributed by atoms with Crippen molar-refractivity contribution in [3.63, 3.8) is 0 Å². The van der Waals surface area contributed by atoms with Crippen LogP contribution in [0.4, 0.5) is 10.6 Å². The lowest BCUT2D eigenvalue weighted by Crippen LogP contribution is -2.32. The third-order valence-corrected chi connectivity index (χ3v) is 5.53. The second-order valence-corrected chi connectivity index (χ2v) is 7.39. The van der Waals surface area contributed by atoms with E-state index in [4.69, 9.17) is 4.74 Å². The highest BCUT2D eigenvalue weighted by molar-refractivity contribution is 5.68. The van der Waals surface area contributed by atoms with Crippen molar-refractivity contribution in [1.82, 2.24) is 9.88 Å². The summed E-state index contributed by atoms with van der Waals surface area (Å²) in [5, 5.41) is 0. The maximum absolute atomic E-state index is 12.6. The lowest BCUT2D eigenvalue weighted by molar-refractivity contribution is 0.0920. The number of hydrogen-bond donors (Lipinski definition) is 0. The van der Waals surface area contributed by atoms with Gasteiger partial charge in [0.25, 0.3) is 0 Å². The summed E-state index contributed by atoms with van der Waals surface area (Å²) >= 11 is 0. The molecule has 142 valence electrons. The Kier molecular flexibility index (Phi) is 5.56. The first-order valence-electron chi connectivity index (χ1n) is 9.99. The molecule has 1 amide bonds. The van der Waals surface area contributed by atoms with Crippen molar-refractivity contribution >= 4 is 11.9 Å². The second-order valence-electron chi connectivity index (χ2n) is 7.39. The number of aromatic nitrogens is 1. The fraction of sp³-hybridized carbons (Fsp3) is 0.455. The molecule has 2 saturated heterocycles. The van der Waals surface area contributed by atoms with Gasteiger partial charge in [0, 0.05) is 25.8 Å². The van der Waals surface area contributed by atoms with Gasteiger partial charge in [-0.2, -0.15) is 0 Å². The molecular weight excluding hydrogens is 338 g/mol. The maximum atomic E-state index is 12.6. The van der Waals surface area contributed by atoms with E-state index in [-0.39, 0.29) is 12.1 Å². The van der Waals surface area contributed by atoms with Crippen LogP contribution in [-0.4, -0.2) is 35.6 Å². The third kappa shape index (κ3) is 4.24. The highest BCUT2D eigenvalue weighted by atomic mass is 16.6. The third-order valence-electron chi connectivity index (χ3n) is 5.53. The van der Waals surface area contributed by atoms with Gasteiger partial charge in [-0.15, -0.1) is 0 Å². The number of benzene rings is 1. The van der Waals surface area contributed by atoms with Crippen LogP contribution in [0.25, 0.3) is 0 Å². The van der Waals surface area contributed by atoms with Crippen molar-refractivity contribution in [1.29, 1.82) is 0 Å². The topological polar surface area (TPSA) is 45.7 Å². The molecule has 0 bridgehead atoms. The largest absolute Gasteiger partial charge is 0.445 e. The van der Waals surface area contributed by atoms with E-state index < -0.39 is 0 Å². The van der Waals surface area contributed by atoms with Gasteiger partial charge in [0.2, 0.25) is 0 Å². The molecule has 0 aliphatic carbocycles. The molecule has 3 heterocycles. The number of piperidine rings is 1. The Hall–Kier alpha value is -2.56. The van der Waals surface area contributed by atoms with Crippen molar-refractivity contribution in [2.24, 2.45) is 0 Å². The Morgan fingerprint density at radius 3 is 2.56 bits per heavy atom. The van der Waals surface area contributed by atoms with Crippen molar-refractivity contribution in [3.05, 3.63) is 59.8 Å². The summed E-state index contributed by atoms with van der Waals surface area (Å²) in [6, 6.07) is 14.1. The van der Waals surface area contributed by atoms with Crippen LogP contribution in [0.15, 0.2) is 48.7 Å². The molecular formula is C22H27N3O2. The molecule has 1 atom stereocenters. The van der Waals surface area contributed by atoms with E-state index in [1.165, 1.54) is 19.3 Å². The summed E-state index contributed by atoms with van der Waals surface area (Å²) in [5.41, 5.74) is 2.11. The van der Waals surface area contributed by atoms with E-state index in [0.29, 0.717) is 6.61 Å². The van der Waals surface area contributed by atoms with Gasteiger partial charge in [0.1, 0.15) is 12.4 Å². The van der Waals surface area contributed by atoms with Crippen LogP contribution in [-0.2, 0) is 11.3 Å². The van der Waals surface area contributed by atoms with Gasteiger partial charge in [-0.05, 0) is 49.3 Å². The van der Waals surface area contributed by atoms with Crippen LogP contribution >= 0.6 is 0 Å². The van der Waals surface area contributed by atoms with Crippen LogP contribution in [0.1, 0.15) is 49.3 Å². The van der Waals surface area contributed by atoms with Crippen molar-refractivity contribution in [3.8, 4) is 0 Å². The zero-order valence-corrected chi connectivity index (χ0v) is 15.7. The standard InChI is InChI=1S/C22H27N3O2/c26-22(27-17-18-8-3-1-4-9-18)25-15-7-10-20(25)19-11-12-21(23-16-19)24-13-5-2-6-14-24/h1,3-4,8-9,11-12,16,20H,2,5-7,10,13-15,17H2/t20-/m1/s1. The quantitative estimate of drug-likeness (QED) is 0.798. The Balaban J connectivity index is 1.39. The number of pyridine rings is 1. The molecule has 2 aromatic rings. The summed E-state index contributed by atoms with van der Waals surface area (Å²) < 4.78 is 5.54. The predicted molar refractivity (Wildman–Crippen MR) is 106 cm³/mol. The summed E-state index contributed by atoms with van der Waals surface area (Å²) in [5.74, 6) is 1.05. The molecule has 1 aromatic heterocycles. The minimum atomic E-state index is -0.235. The molecule has 1 aromatic carbocycles. The Bertz CT molecular complexity index is 742. The number of hydrogen-bond acceptors (Lipinski definition) is 4. The number of likely N-dealkylation sites (tertiary alicyclic amines) is 1. The summed E-state index contributed by atoms with van der Waals surface area (Å²) in [7, 11) is 0.